The minimum Gasteiger partial charge on any atom is -0.319 e. The molecule has 0 bridgehead atoms. The summed E-state index contributed by atoms with van der Waals surface area (Å²) in [6, 6.07) is 5.93. The van der Waals surface area contributed by atoms with Gasteiger partial charge in [0.05, 0.1) is 10.6 Å². The Labute approximate surface area is 108 Å². The lowest BCUT2D eigenvalue weighted by Crippen LogP contribution is -1.97. The van der Waals surface area contributed by atoms with Crippen molar-refractivity contribution in [2.45, 2.75) is 6.92 Å². The number of rotatable bonds is 3. The molecule has 18 heavy (non-hydrogen) atoms. The topological polar surface area (TPSA) is 56.3 Å². The molecule has 0 unspecified atom stereocenters. The summed E-state index contributed by atoms with van der Waals surface area (Å²) in [5.41, 5.74) is 1.92. The summed E-state index contributed by atoms with van der Waals surface area (Å²) >= 11 is 1.52. The number of hydrogen-bond acceptors (Lipinski definition) is 6. The predicted octanol–water partition coefficient (Wildman–Crippen LogP) is 2.73. The van der Waals surface area contributed by atoms with Crippen LogP contribution in [-0.2, 0) is 9.78 Å². The van der Waals surface area contributed by atoms with E-state index in [4.69, 9.17) is 9.78 Å². The largest absolute Gasteiger partial charge is 0.319 e. The third-order valence-corrected chi connectivity index (χ3v) is 3.30. The number of nitrogens with zero attached hydrogens (tertiary/aromatic N) is 2. The zero-order chi connectivity index (χ0) is 12.4. The van der Waals surface area contributed by atoms with E-state index in [1.54, 1.807) is 6.20 Å². The average Bonchev–Trinajstić information content (AvgIpc) is 3.01. The molecule has 0 spiro atoms. The molecule has 2 aromatic rings. The molecule has 1 N–H and O–H groups in total. The SMILES string of the molecule is Cc1cccc(-c2cnc(NC3=CCOO3)s2)n1. The van der Waals surface area contributed by atoms with Crippen LogP contribution in [0.5, 0.6) is 0 Å². The maximum atomic E-state index is 4.89. The Morgan fingerprint density at radius 3 is 3.11 bits per heavy atom. The molecular formula is C12H11N3O2S. The minimum atomic E-state index is 0.458. The molecule has 0 saturated carbocycles. The molecule has 0 atom stereocenters. The summed E-state index contributed by atoms with van der Waals surface area (Å²) in [6.07, 6.45) is 3.61. The molecule has 0 saturated heterocycles. The average molecular weight is 261 g/mol. The Bertz CT molecular complexity index is 595. The Kier molecular flexibility index (Phi) is 2.95. The Morgan fingerprint density at radius 2 is 2.33 bits per heavy atom. The van der Waals surface area contributed by atoms with Gasteiger partial charge < -0.3 is 4.89 Å². The van der Waals surface area contributed by atoms with Crippen LogP contribution >= 0.6 is 11.3 Å². The molecule has 6 heteroatoms. The van der Waals surface area contributed by atoms with Crippen LogP contribution < -0.4 is 5.32 Å². The first-order valence-electron chi connectivity index (χ1n) is 5.48. The molecule has 0 aliphatic carbocycles. The quantitative estimate of drug-likeness (QED) is 0.861. The highest BCUT2D eigenvalue weighted by atomic mass is 32.1. The molecule has 2 aromatic heterocycles. The molecule has 0 fully saturated rings. The van der Waals surface area contributed by atoms with Gasteiger partial charge in [0.15, 0.2) is 5.13 Å². The number of pyridine rings is 1. The van der Waals surface area contributed by atoms with Gasteiger partial charge in [-0.25, -0.2) is 4.98 Å². The molecule has 0 amide bonds. The zero-order valence-corrected chi connectivity index (χ0v) is 10.5. The van der Waals surface area contributed by atoms with Gasteiger partial charge in [0, 0.05) is 18.0 Å². The van der Waals surface area contributed by atoms with Crippen LogP contribution in [0.25, 0.3) is 10.6 Å². The van der Waals surface area contributed by atoms with Crippen LogP contribution in [0.3, 0.4) is 0 Å². The second-order valence-electron chi connectivity index (χ2n) is 3.76. The van der Waals surface area contributed by atoms with Crippen molar-refractivity contribution in [2.75, 3.05) is 11.9 Å². The van der Waals surface area contributed by atoms with Crippen molar-refractivity contribution >= 4 is 16.5 Å². The van der Waals surface area contributed by atoms with Gasteiger partial charge in [-0.05, 0) is 19.1 Å². The molecule has 1 aliphatic rings. The maximum Gasteiger partial charge on any atom is 0.235 e. The van der Waals surface area contributed by atoms with E-state index in [0.29, 0.717) is 12.5 Å². The lowest BCUT2D eigenvalue weighted by molar-refractivity contribution is -0.232. The fourth-order valence-corrected chi connectivity index (χ4v) is 2.34. The van der Waals surface area contributed by atoms with Gasteiger partial charge in [0.25, 0.3) is 0 Å². The zero-order valence-electron chi connectivity index (χ0n) is 9.71. The molecule has 92 valence electrons. The van der Waals surface area contributed by atoms with Crippen LogP contribution in [0.2, 0.25) is 0 Å². The molecule has 3 heterocycles. The summed E-state index contributed by atoms with van der Waals surface area (Å²) in [4.78, 5) is 19.4. The predicted molar refractivity (Wildman–Crippen MR) is 68.8 cm³/mol. The van der Waals surface area contributed by atoms with Crippen molar-refractivity contribution in [2.24, 2.45) is 0 Å². The van der Waals surface area contributed by atoms with Crippen molar-refractivity contribution in [1.29, 1.82) is 0 Å². The van der Waals surface area contributed by atoms with E-state index in [1.165, 1.54) is 11.3 Å². The first-order chi connectivity index (χ1) is 8.81. The van der Waals surface area contributed by atoms with Crippen molar-refractivity contribution in [3.05, 3.63) is 42.0 Å². The summed E-state index contributed by atoms with van der Waals surface area (Å²) in [5, 5.41) is 3.79. The van der Waals surface area contributed by atoms with Gasteiger partial charge in [-0.3, -0.25) is 10.3 Å². The number of thiazole rings is 1. The van der Waals surface area contributed by atoms with E-state index in [-0.39, 0.29) is 0 Å². The van der Waals surface area contributed by atoms with Gasteiger partial charge >= 0.3 is 0 Å². The highest BCUT2D eigenvalue weighted by Gasteiger charge is 2.11. The van der Waals surface area contributed by atoms with Gasteiger partial charge in [0.1, 0.15) is 6.61 Å². The fourth-order valence-electron chi connectivity index (χ4n) is 1.55. The van der Waals surface area contributed by atoms with E-state index in [1.807, 2.05) is 31.2 Å². The first-order valence-corrected chi connectivity index (χ1v) is 6.29. The number of anilines is 1. The monoisotopic (exact) mass is 261 g/mol. The van der Waals surface area contributed by atoms with Gasteiger partial charge in [-0.15, -0.1) is 0 Å². The number of aryl methyl sites for hydroxylation is 1. The third-order valence-electron chi connectivity index (χ3n) is 2.36. The summed E-state index contributed by atoms with van der Waals surface area (Å²) in [7, 11) is 0. The van der Waals surface area contributed by atoms with Gasteiger partial charge in [-0.2, -0.15) is 4.89 Å². The lowest BCUT2D eigenvalue weighted by Gasteiger charge is -2.00. The Morgan fingerprint density at radius 1 is 1.39 bits per heavy atom. The van der Waals surface area contributed by atoms with Crippen LogP contribution in [0.4, 0.5) is 5.13 Å². The smallest absolute Gasteiger partial charge is 0.235 e. The summed E-state index contributed by atoms with van der Waals surface area (Å²) < 4.78 is 0. The third kappa shape index (κ3) is 2.34. The van der Waals surface area contributed by atoms with Crippen molar-refractivity contribution in [3.8, 4) is 10.6 Å². The molecule has 3 rings (SSSR count). The molecule has 1 aliphatic heterocycles. The van der Waals surface area contributed by atoms with E-state index >= 15 is 0 Å². The fraction of sp³-hybridized carbons (Fsp3) is 0.167. The first kappa shape index (κ1) is 11.2. The highest BCUT2D eigenvalue weighted by Crippen LogP contribution is 2.28. The molecular weight excluding hydrogens is 250 g/mol. The van der Waals surface area contributed by atoms with Crippen molar-refractivity contribution < 1.29 is 9.78 Å². The second kappa shape index (κ2) is 4.75. The van der Waals surface area contributed by atoms with Crippen molar-refractivity contribution in [1.82, 2.24) is 9.97 Å². The minimum absolute atomic E-state index is 0.458. The van der Waals surface area contributed by atoms with Crippen LogP contribution in [0.15, 0.2) is 36.4 Å². The van der Waals surface area contributed by atoms with Gasteiger partial charge in [0.2, 0.25) is 5.88 Å². The Balaban J connectivity index is 1.80. The number of nitrogens with one attached hydrogen (secondary N) is 1. The van der Waals surface area contributed by atoms with E-state index in [0.717, 1.165) is 21.4 Å². The normalized spacial score (nSPS) is 14.2. The van der Waals surface area contributed by atoms with E-state index < -0.39 is 0 Å². The summed E-state index contributed by atoms with van der Waals surface area (Å²) in [5.74, 6) is 0.577. The van der Waals surface area contributed by atoms with Gasteiger partial charge in [-0.1, -0.05) is 17.4 Å². The lowest BCUT2D eigenvalue weighted by atomic mass is 10.3. The van der Waals surface area contributed by atoms with E-state index in [2.05, 4.69) is 15.3 Å². The summed E-state index contributed by atoms with van der Waals surface area (Å²) in [6.45, 7) is 2.43. The number of hydrogen-bond donors (Lipinski definition) is 1. The molecule has 0 radical (unpaired) electrons. The number of aromatic nitrogens is 2. The van der Waals surface area contributed by atoms with Crippen LogP contribution in [0, 0.1) is 6.92 Å². The molecule has 5 nitrogen and oxygen atoms in total. The van der Waals surface area contributed by atoms with E-state index in [9.17, 15) is 0 Å². The Hall–Kier alpha value is -1.92. The highest BCUT2D eigenvalue weighted by molar-refractivity contribution is 7.18. The van der Waals surface area contributed by atoms with Crippen LogP contribution in [0.1, 0.15) is 5.69 Å². The maximum absolute atomic E-state index is 4.89. The second-order valence-corrected chi connectivity index (χ2v) is 4.79. The van der Waals surface area contributed by atoms with Crippen molar-refractivity contribution in [3.63, 3.8) is 0 Å². The molecule has 0 aromatic carbocycles. The van der Waals surface area contributed by atoms with Crippen LogP contribution in [-0.4, -0.2) is 16.6 Å². The standard InChI is InChI=1S/C12H11N3O2S/c1-8-3-2-4-9(14-8)10-7-13-12(18-10)15-11-5-6-16-17-11/h2-5,7H,6H2,1H3,(H,13,15).